The summed E-state index contributed by atoms with van der Waals surface area (Å²) >= 11 is 0. The molecule has 0 aromatic rings. The smallest absolute Gasteiger partial charge is 0.245 e. The molecule has 0 bridgehead atoms. The largest absolute Gasteiger partial charge is 0.396 e. The number of rotatable bonds is 0. The summed E-state index contributed by atoms with van der Waals surface area (Å²) in [5, 5.41) is 0. The van der Waals surface area contributed by atoms with Gasteiger partial charge in [-0.3, -0.25) is 0 Å². The van der Waals surface area contributed by atoms with Gasteiger partial charge in [0.05, 0.1) is 0 Å². The van der Waals surface area contributed by atoms with Crippen molar-refractivity contribution < 1.29 is 40.7 Å². The molecule has 0 spiro atoms. The van der Waals surface area contributed by atoms with Gasteiger partial charge in [-0.25, -0.2) is 0 Å². The number of hydrogen-bond donors (Lipinski definition) is 0. The number of hydrogen-bond acceptors (Lipinski definition) is 1. The molecule has 0 saturated carbocycles. The zero-order chi connectivity index (χ0) is 2.00. The van der Waals surface area contributed by atoms with Crippen LogP contribution in [0.1, 0.15) is 0 Å². The van der Waals surface area contributed by atoms with Crippen LogP contribution in [0.3, 0.4) is 0 Å². The third-order valence-electron chi connectivity index (χ3n) is 0. The maximum Gasteiger partial charge on any atom is 0.245 e. The maximum atomic E-state index is 8.28. The third-order valence-corrected chi connectivity index (χ3v) is 0. The van der Waals surface area contributed by atoms with E-state index in [9.17, 15) is 0 Å². The molecule has 23 valence electrons. The molecule has 4 heavy (non-hydrogen) atoms. The second-order valence-corrected chi connectivity index (χ2v) is 0. The molecule has 1 nitrogen and oxygen atoms in total. The molecule has 0 aliphatic heterocycles. The first-order chi connectivity index (χ1) is 1.00. The van der Waals surface area contributed by atoms with E-state index < -0.39 is 0 Å². The molecule has 0 aliphatic rings. The zero-order valence-electron chi connectivity index (χ0n) is 2.16. The van der Waals surface area contributed by atoms with Gasteiger partial charge in [0.25, 0.3) is 0 Å². The first-order valence-corrected chi connectivity index (χ1v) is 0.866. The zero-order valence-corrected chi connectivity index (χ0v) is 7.58. The Morgan fingerprint density at radius 3 is 1.25 bits per heavy atom. The quantitative estimate of drug-likeness (QED) is 0.425. The molecule has 0 fully saturated rings. The average molecular weight is 170 g/mol. The minimum atomic E-state index is 0. The molecule has 0 aromatic carbocycles. The van der Waals surface area contributed by atoms with Crippen molar-refractivity contribution >= 4 is 10.1 Å². The maximum absolute atomic E-state index is 8.28. The Morgan fingerprint density at radius 1 is 1.25 bits per heavy atom. The molecule has 0 heterocycles. The van der Waals surface area contributed by atoms with Crippen LogP contribution in [0, 0.1) is 0 Å². The summed E-state index contributed by atoms with van der Waals surface area (Å²) in [6.07, 6.45) is 0. The van der Waals surface area contributed by atoms with Crippen molar-refractivity contribution in [3.8, 4) is 0 Å². The van der Waals surface area contributed by atoms with Crippen LogP contribution in [0.5, 0.6) is 0 Å². The Labute approximate surface area is 51.0 Å². The molecule has 0 aliphatic carbocycles. The monoisotopic (exact) mass is 169 g/mol. The van der Waals surface area contributed by atoms with Crippen LogP contribution in [0.4, 0.5) is 0 Å². The fraction of sp³-hybridized carbons (Fsp3) is 0. The van der Waals surface area contributed by atoms with Gasteiger partial charge < -0.3 is 4.46 Å². The van der Waals surface area contributed by atoms with Crippen molar-refractivity contribution in [2.75, 3.05) is 0 Å². The first-order valence-electron chi connectivity index (χ1n) is 0.289. The Morgan fingerprint density at radius 2 is 1.25 bits per heavy atom. The van der Waals surface area contributed by atoms with Gasteiger partial charge in [0.15, 0.2) is 0 Å². The van der Waals surface area contributed by atoms with Gasteiger partial charge in [0.1, 0.15) is 0 Å². The Bertz CT molecular complexity index is 8.00. The van der Waals surface area contributed by atoms with E-state index in [2.05, 4.69) is 0 Å². The van der Waals surface area contributed by atoms with Gasteiger partial charge in [0, 0.05) is 36.3 Å². The Kier molecular flexibility index (Phi) is 150. The van der Waals surface area contributed by atoms with Crippen molar-refractivity contribution in [1.29, 1.82) is 0 Å². The molecular weight excluding hydrogens is 168 g/mol. The normalized spacial score (nSPS) is 1.00. The second-order valence-electron chi connectivity index (χ2n) is 0. The fourth-order valence-electron chi connectivity index (χ4n) is 0. The van der Waals surface area contributed by atoms with Gasteiger partial charge in [0.2, 0.25) is 10.1 Å². The van der Waals surface area contributed by atoms with Crippen molar-refractivity contribution in [2.24, 2.45) is 0 Å². The Balaban J connectivity index is -0.00000000500. The van der Waals surface area contributed by atoms with Gasteiger partial charge in [-0.05, 0) is 0 Å². The van der Waals surface area contributed by atoms with Crippen molar-refractivity contribution in [3.05, 3.63) is 0 Å². The molecule has 0 atom stereocenters. The van der Waals surface area contributed by atoms with E-state index in [1.54, 1.807) is 0 Å². The predicted octanol–water partition coefficient (Wildman–Crippen LogP) is -1.04. The molecule has 4 heteroatoms. The molecule has 0 saturated heterocycles. The summed E-state index contributed by atoms with van der Waals surface area (Å²) in [7, 11) is 0.611. The minimum Gasteiger partial charge on any atom is -0.396 e. The van der Waals surface area contributed by atoms with Gasteiger partial charge in [-0.1, -0.05) is 0 Å². The summed E-state index contributed by atoms with van der Waals surface area (Å²) in [5.74, 6) is 0. The molecule has 1 radical (unpaired) electrons. The topological polar surface area (TPSA) is 17.1 Å². The van der Waals surface area contributed by atoms with E-state index in [4.69, 9.17) is 4.46 Å². The van der Waals surface area contributed by atoms with Gasteiger partial charge >= 0.3 is 0 Å². The van der Waals surface area contributed by atoms with Crippen LogP contribution < -0.4 is 0 Å². The summed E-state index contributed by atoms with van der Waals surface area (Å²) < 4.78 is 8.28. The van der Waals surface area contributed by atoms with Crippen LogP contribution in [-0.4, -0.2) is 10.1 Å². The van der Waals surface area contributed by atoms with E-state index in [-0.39, 0.29) is 36.3 Å². The fourth-order valence-corrected chi connectivity index (χ4v) is 0. The predicted molar refractivity (Wildman–Crippen MR) is 9.23 cm³/mol. The van der Waals surface area contributed by atoms with Crippen LogP contribution >= 0.6 is 0 Å². The van der Waals surface area contributed by atoms with Crippen molar-refractivity contribution in [1.82, 2.24) is 0 Å². The van der Waals surface area contributed by atoms with Crippen LogP contribution in [0.15, 0.2) is 0 Å². The second kappa shape index (κ2) is 31.2. The SMILES string of the molecule is O=[SiH2].[Co].[Zn]. The van der Waals surface area contributed by atoms with Crippen molar-refractivity contribution in [2.45, 2.75) is 0 Å². The van der Waals surface area contributed by atoms with E-state index >= 15 is 0 Å². The first kappa shape index (κ1) is 19.2. The third kappa shape index (κ3) is 11.0. The van der Waals surface area contributed by atoms with E-state index in [0.29, 0.717) is 10.1 Å². The summed E-state index contributed by atoms with van der Waals surface area (Å²) in [5.41, 5.74) is 0. The van der Waals surface area contributed by atoms with Crippen molar-refractivity contribution in [3.63, 3.8) is 0 Å². The molecule has 0 unspecified atom stereocenters. The van der Waals surface area contributed by atoms with E-state index in [1.165, 1.54) is 0 Å². The molecule has 0 amide bonds. The van der Waals surface area contributed by atoms with Gasteiger partial charge in [-0.15, -0.1) is 0 Å². The van der Waals surface area contributed by atoms with Gasteiger partial charge in [-0.2, -0.15) is 0 Å². The Hall–Kier alpha value is 1.15. The van der Waals surface area contributed by atoms with Crippen LogP contribution in [0.25, 0.3) is 0 Å². The minimum absolute atomic E-state index is 0. The van der Waals surface area contributed by atoms with E-state index in [0.717, 1.165) is 0 Å². The molecule has 0 rings (SSSR count). The molecule has 0 aromatic heterocycles. The van der Waals surface area contributed by atoms with Crippen LogP contribution in [-0.2, 0) is 40.7 Å². The van der Waals surface area contributed by atoms with Crippen LogP contribution in [0.2, 0.25) is 0 Å². The summed E-state index contributed by atoms with van der Waals surface area (Å²) in [6, 6.07) is 0. The standard InChI is InChI=1S/Co.H2OSi.Zn/c;1-2;/h;2H2;. The molecule has 0 N–H and O–H groups in total. The average Bonchev–Trinajstić information content (AvgIpc) is 1.00. The molecular formula is H2CoOSiZn. The van der Waals surface area contributed by atoms with E-state index in [1.807, 2.05) is 0 Å². The summed E-state index contributed by atoms with van der Waals surface area (Å²) in [4.78, 5) is 0. The summed E-state index contributed by atoms with van der Waals surface area (Å²) in [6.45, 7) is 0.